The first-order valence-electron chi connectivity index (χ1n) is 6.31. The zero-order valence-electron chi connectivity index (χ0n) is 11.7. The van der Waals surface area contributed by atoms with Gasteiger partial charge in [-0.3, -0.25) is 4.79 Å². The Kier molecular flexibility index (Phi) is 5.37. The van der Waals surface area contributed by atoms with E-state index in [0.717, 1.165) is 0 Å². The average molecular weight is 281 g/mol. The number of aliphatic carboxylic acids is 1. The van der Waals surface area contributed by atoms with E-state index in [4.69, 9.17) is 9.84 Å². The van der Waals surface area contributed by atoms with Gasteiger partial charge in [0.05, 0.1) is 12.7 Å². The summed E-state index contributed by atoms with van der Waals surface area (Å²) in [6.07, 6.45) is 0.617. The Hall–Kier alpha value is -2.24. The number of hydrogen-bond acceptors (Lipinski definition) is 4. The van der Waals surface area contributed by atoms with E-state index in [0.29, 0.717) is 12.2 Å². The fourth-order valence-corrected chi connectivity index (χ4v) is 1.73. The summed E-state index contributed by atoms with van der Waals surface area (Å²) in [5.41, 5.74) is 0.0142. The van der Waals surface area contributed by atoms with Gasteiger partial charge in [0.2, 0.25) is 0 Å². The minimum Gasteiger partial charge on any atom is -0.507 e. The van der Waals surface area contributed by atoms with Crippen molar-refractivity contribution in [1.29, 1.82) is 0 Å². The van der Waals surface area contributed by atoms with Gasteiger partial charge in [-0.1, -0.05) is 20.3 Å². The van der Waals surface area contributed by atoms with Crippen LogP contribution in [-0.4, -0.2) is 35.2 Å². The maximum absolute atomic E-state index is 12.0. The van der Waals surface area contributed by atoms with Gasteiger partial charge in [-0.05, 0) is 18.1 Å². The van der Waals surface area contributed by atoms with E-state index in [1.165, 1.54) is 25.3 Å². The van der Waals surface area contributed by atoms with Crippen LogP contribution in [0.3, 0.4) is 0 Å². The third kappa shape index (κ3) is 3.63. The highest BCUT2D eigenvalue weighted by Gasteiger charge is 2.26. The van der Waals surface area contributed by atoms with Gasteiger partial charge >= 0.3 is 5.97 Å². The number of amides is 1. The number of carbonyl (C=O) groups is 2. The van der Waals surface area contributed by atoms with E-state index >= 15 is 0 Å². The standard InChI is InChI=1S/C14H19NO5/c1-4-8(2)12(14(18)19)15-13(17)10-6-5-9(20-3)7-11(10)16/h5-8,12,16H,4H2,1-3H3,(H,15,17)(H,18,19). The molecular weight excluding hydrogens is 262 g/mol. The van der Waals surface area contributed by atoms with Crippen LogP contribution in [0.5, 0.6) is 11.5 Å². The van der Waals surface area contributed by atoms with Crippen molar-refractivity contribution >= 4 is 11.9 Å². The van der Waals surface area contributed by atoms with Crippen molar-refractivity contribution in [2.75, 3.05) is 7.11 Å². The smallest absolute Gasteiger partial charge is 0.326 e. The topological polar surface area (TPSA) is 95.9 Å². The Morgan fingerprint density at radius 3 is 2.50 bits per heavy atom. The molecule has 0 radical (unpaired) electrons. The molecule has 0 aliphatic carbocycles. The first-order chi connectivity index (χ1) is 9.40. The van der Waals surface area contributed by atoms with Crippen LogP contribution < -0.4 is 10.1 Å². The number of carboxylic acid groups (broad SMARTS) is 1. The second kappa shape index (κ2) is 6.79. The van der Waals surface area contributed by atoms with Gasteiger partial charge in [-0.25, -0.2) is 4.79 Å². The third-order valence-electron chi connectivity index (χ3n) is 3.22. The van der Waals surface area contributed by atoms with E-state index in [1.54, 1.807) is 6.92 Å². The maximum atomic E-state index is 12.0. The summed E-state index contributed by atoms with van der Waals surface area (Å²) in [7, 11) is 1.44. The van der Waals surface area contributed by atoms with Crippen molar-refractivity contribution in [3.63, 3.8) is 0 Å². The number of rotatable bonds is 6. The molecule has 6 nitrogen and oxygen atoms in total. The molecule has 0 saturated heterocycles. The zero-order valence-corrected chi connectivity index (χ0v) is 11.7. The molecule has 1 aromatic rings. The second-order valence-corrected chi connectivity index (χ2v) is 4.56. The molecule has 1 aromatic carbocycles. The number of phenolic OH excluding ortho intramolecular Hbond substituents is 1. The quantitative estimate of drug-likeness (QED) is 0.736. The van der Waals surface area contributed by atoms with E-state index in [9.17, 15) is 14.7 Å². The molecule has 0 heterocycles. The summed E-state index contributed by atoms with van der Waals surface area (Å²) in [4.78, 5) is 23.2. The first-order valence-corrected chi connectivity index (χ1v) is 6.31. The lowest BCUT2D eigenvalue weighted by Gasteiger charge is -2.20. The summed E-state index contributed by atoms with van der Waals surface area (Å²) >= 11 is 0. The Morgan fingerprint density at radius 2 is 2.05 bits per heavy atom. The summed E-state index contributed by atoms with van der Waals surface area (Å²) in [6, 6.07) is 3.22. The number of methoxy groups -OCH3 is 1. The van der Waals surface area contributed by atoms with Crippen molar-refractivity contribution < 1.29 is 24.5 Å². The predicted octanol–water partition coefficient (Wildman–Crippen LogP) is 1.63. The van der Waals surface area contributed by atoms with E-state index < -0.39 is 17.9 Å². The number of phenols is 1. The molecule has 0 aliphatic rings. The van der Waals surface area contributed by atoms with Crippen LogP contribution >= 0.6 is 0 Å². The highest BCUT2D eigenvalue weighted by Crippen LogP contribution is 2.23. The predicted molar refractivity (Wildman–Crippen MR) is 73.0 cm³/mol. The van der Waals surface area contributed by atoms with Crippen molar-refractivity contribution in [2.24, 2.45) is 5.92 Å². The number of hydrogen-bond donors (Lipinski definition) is 3. The SMILES string of the molecule is CCC(C)C(NC(=O)c1ccc(OC)cc1O)C(=O)O. The molecule has 3 N–H and O–H groups in total. The normalized spacial score (nSPS) is 13.3. The molecule has 0 saturated carbocycles. The molecule has 0 aliphatic heterocycles. The van der Waals surface area contributed by atoms with Gasteiger partial charge in [0.25, 0.3) is 5.91 Å². The number of ether oxygens (including phenoxy) is 1. The second-order valence-electron chi connectivity index (χ2n) is 4.56. The molecule has 2 atom stereocenters. The maximum Gasteiger partial charge on any atom is 0.326 e. The number of nitrogens with one attached hydrogen (secondary N) is 1. The number of benzene rings is 1. The Labute approximate surface area is 117 Å². The Bertz CT molecular complexity index is 500. The molecule has 0 bridgehead atoms. The van der Waals surface area contributed by atoms with Crippen molar-refractivity contribution in [3.05, 3.63) is 23.8 Å². The molecular formula is C14H19NO5. The summed E-state index contributed by atoms with van der Waals surface area (Å²) < 4.78 is 4.92. The summed E-state index contributed by atoms with van der Waals surface area (Å²) in [5, 5.41) is 21.3. The summed E-state index contributed by atoms with van der Waals surface area (Å²) in [5.74, 6) is -1.78. The highest BCUT2D eigenvalue weighted by molar-refractivity contribution is 5.99. The van der Waals surface area contributed by atoms with Crippen LogP contribution in [0.15, 0.2) is 18.2 Å². The Balaban J connectivity index is 2.92. The highest BCUT2D eigenvalue weighted by atomic mass is 16.5. The van der Waals surface area contributed by atoms with Gasteiger partial charge in [0.1, 0.15) is 17.5 Å². The average Bonchev–Trinajstić information content (AvgIpc) is 2.43. The molecule has 0 aromatic heterocycles. The van der Waals surface area contributed by atoms with Crippen molar-refractivity contribution in [2.45, 2.75) is 26.3 Å². The number of carboxylic acids is 1. The van der Waals surface area contributed by atoms with Crippen LogP contribution in [0.25, 0.3) is 0 Å². The van der Waals surface area contributed by atoms with E-state index in [1.807, 2.05) is 6.92 Å². The molecule has 2 unspecified atom stereocenters. The first kappa shape index (κ1) is 15.8. The van der Waals surface area contributed by atoms with Gasteiger partial charge in [-0.2, -0.15) is 0 Å². The lowest BCUT2D eigenvalue weighted by molar-refractivity contribution is -0.140. The fraction of sp³-hybridized carbons (Fsp3) is 0.429. The van der Waals surface area contributed by atoms with Gasteiger partial charge in [-0.15, -0.1) is 0 Å². The zero-order chi connectivity index (χ0) is 15.3. The minimum atomic E-state index is -1.10. The van der Waals surface area contributed by atoms with Crippen molar-refractivity contribution in [1.82, 2.24) is 5.32 Å². The van der Waals surface area contributed by atoms with Crippen molar-refractivity contribution in [3.8, 4) is 11.5 Å². The molecule has 20 heavy (non-hydrogen) atoms. The number of carbonyl (C=O) groups excluding carboxylic acids is 1. The fourth-order valence-electron chi connectivity index (χ4n) is 1.73. The lowest BCUT2D eigenvalue weighted by atomic mass is 9.99. The van der Waals surface area contributed by atoms with Gasteiger partial charge < -0.3 is 20.3 Å². The third-order valence-corrected chi connectivity index (χ3v) is 3.22. The molecule has 1 rings (SSSR count). The lowest BCUT2D eigenvalue weighted by Crippen LogP contribution is -2.45. The molecule has 110 valence electrons. The van der Waals surface area contributed by atoms with Crippen LogP contribution in [0.4, 0.5) is 0 Å². The largest absolute Gasteiger partial charge is 0.507 e. The monoisotopic (exact) mass is 281 g/mol. The van der Waals surface area contributed by atoms with E-state index in [2.05, 4.69) is 5.32 Å². The summed E-state index contributed by atoms with van der Waals surface area (Å²) in [6.45, 7) is 3.59. The van der Waals surface area contributed by atoms with Crippen LogP contribution in [-0.2, 0) is 4.79 Å². The van der Waals surface area contributed by atoms with Gasteiger partial charge in [0.15, 0.2) is 0 Å². The molecule has 1 amide bonds. The van der Waals surface area contributed by atoms with Crippen LogP contribution in [0.2, 0.25) is 0 Å². The minimum absolute atomic E-state index is 0.0142. The molecule has 0 spiro atoms. The molecule has 6 heteroatoms. The molecule has 0 fully saturated rings. The van der Waals surface area contributed by atoms with Crippen LogP contribution in [0.1, 0.15) is 30.6 Å². The number of aromatic hydroxyl groups is 1. The van der Waals surface area contributed by atoms with E-state index in [-0.39, 0.29) is 17.2 Å². The Morgan fingerprint density at radius 1 is 1.40 bits per heavy atom. The van der Waals surface area contributed by atoms with Crippen LogP contribution in [0, 0.1) is 5.92 Å². The van der Waals surface area contributed by atoms with Gasteiger partial charge in [0, 0.05) is 6.07 Å².